The molecule has 0 atom stereocenters. The highest BCUT2D eigenvalue weighted by molar-refractivity contribution is 6.42. The van der Waals surface area contributed by atoms with E-state index in [0.717, 1.165) is 5.82 Å². The van der Waals surface area contributed by atoms with Gasteiger partial charge in [-0.15, -0.1) is 10.2 Å². The van der Waals surface area contributed by atoms with Gasteiger partial charge in [-0.1, -0.05) is 34.8 Å². The molecule has 0 amide bonds. The molecule has 0 saturated heterocycles. The van der Waals surface area contributed by atoms with Crippen LogP contribution in [0.5, 0.6) is 0 Å². The van der Waals surface area contributed by atoms with Crippen LogP contribution in [0.2, 0.25) is 15.2 Å². The van der Waals surface area contributed by atoms with Crippen molar-refractivity contribution in [1.82, 2.24) is 19.7 Å². The molecule has 0 saturated carbocycles. The SMILES string of the molecule is Cn1cnnc1CCNc1nc(Cl)c(Cl)cc1Cl. The summed E-state index contributed by atoms with van der Waals surface area (Å²) < 4.78 is 1.85. The van der Waals surface area contributed by atoms with Crippen molar-refractivity contribution in [3.8, 4) is 0 Å². The lowest BCUT2D eigenvalue weighted by Gasteiger charge is -2.08. The smallest absolute Gasteiger partial charge is 0.150 e. The van der Waals surface area contributed by atoms with Crippen LogP contribution in [0.3, 0.4) is 0 Å². The highest BCUT2D eigenvalue weighted by Gasteiger charge is 2.08. The summed E-state index contributed by atoms with van der Waals surface area (Å²) >= 11 is 17.6. The second kappa shape index (κ2) is 5.73. The Kier molecular flexibility index (Phi) is 4.27. The second-order valence-electron chi connectivity index (χ2n) is 3.63. The average Bonchev–Trinajstić information content (AvgIpc) is 2.72. The van der Waals surface area contributed by atoms with Gasteiger partial charge in [0.1, 0.15) is 23.1 Å². The number of hydrogen-bond donors (Lipinski definition) is 1. The molecule has 2 aromatic heterocycles. The number of aryl methyl sites for hydroxylation is 1. The molecule has 0 spiro atoms. The molecule has 0 aliphatic rings. The molecule has 1 N–H and O–H groups in total. The van der Waals surface area contributed by atoms with Crippen molar-refractivity contribution in [2.75, 3.05) is 11.9 Å². The van der Waals surface area contributed by atoms with Crippen LogP contribution in [-0.4, -0.2) is 26.3 Å². The molecule has 0 aliphatic heterocycles. The third-order valence-electron chi connectivity index (χ3n) is 2.33. The third-order valence-corrected chi connectivity index (χ3v) is 3.29. The molecule has 0 radical (unpaired) electrons. The first-order chi connectivity index (χ1) is 8.58. The molecule has 0 aliphatic carbocycles. The lowest BCUT2D eigenvalue weighted by atomic mass is 10.4. The molecule has 96 valence electrons. The third kappa shape index (κ3) is 3.04. The number of rotatable bonds is 4. The zero-order valence-electron chi connectivity index (χ0n) is 9.49. The minimum Gasteiger partial charge on any atom is -0.368 e. The Bertz CT molecular complexity index is 554. The van der Waals surface area contributed by atoms with E-state index in [1.165, 1.54) is 0 Å². The van der Waals surface area contributed by atoms with Gasteiger partial charge in [-0.3, -0.25) is 0 Å². The van der Waals surface area contributed by atoms with Gasteiger partial charge in [0, 0.05) is 20.0 Å². The molecule has 0 unspecified atom stereocenters. The monoisotopic (exact) mass is 305 g/mol. The van der Waals surface area contributed by atoms with E-state index in [4.69, 9.17) is 34.8 Å². The maximum Gasteiger partial charge on any atom is 0.150 e. The van der Waals surface area contributed by atoms with Gasteiger partial charge in [0.2, 0.25) is 0 Å². The van der Waals surface area contributed by atoms with Crippen LogP contribution in [0, 0.1) is 0 Å². The van der Waals surface area contributed by atoms with Gasteiger partial charge in [0.05, 0.1) is 10.0 Å². The van der Waals surface area contributed by atoms with E-state index in [1.807, 2.05) is 11.6 Å². The number of hydrogen-bond acceptors (Lipinski definition) is 4. The van der Waals surface area contributed by atoms with E-state index < -0.39 is 0 Å². The standard InChI is InChI=1S/C10H10Cl3N5/c1-18-5-15-17-8(18)2-3-14-10-7(12)4-6(11)9(13)16-10/h4-5H,2-3H2,1H3,(H,14,16). The van der Waals surface area contributed by atoms with E-state index in [2.05, 4.69) is 20.5 Å². The number of aromatic nitrogens is 4. The number of nitrogens with one attached hydrogen (secondary N) is 1. The first kappa shape index (κ1) is 13.4. The number of nitrogens with zero attached hydrogens (tertiary/aromatic N) is 4. The van der Waals surface area contributed by atoms with Crippen LogP contribution in [0.1, 0.15) is 5.82 Å². The molecule has 0 bridgehead atoms. The zero-order valence-corrected chi connectivity index (χ0v) is 11.8. The summed E-state index contributed by atoms with van der Waals surface area (Å²) in [6.45, 7) is 0.622. The van der Waals surface area contributed by atoms with Crippen LogP contribution in [0.25, 0.3) is 0 Å². The van der Waals surface area contributed by atoms with Gasteiger partial charge < -0.3 is 9.88 Å². The number of pyridine rings is 1. The van der Waals surface area contributed by atoms with Gasteiger partial charge in [-0.25, -0.2) is 4.98 Å². The molecule has 0 fully saturated rings. The van der Waals surface area contributed by atoms with Crippen LogP contribution >= 0.6 is 34.8 Å². The van der Waals surface area contributed by atoms with Crippen molar-refractivity contribution in [3.63, 3.8) is 0 Å². The van der Waals surface area contributed by atoms with Crippen LogP contribution in [-0.2, 0) is 13.5 Å². The molecule has 18 heavy (non-hydrogen) atoms. The summed E-state index contributed by atoms with van der Waals surface area (Å²) in [5.41, 5.74) is 0. The lowest BCUT2D eigenvalue weighted by Crippen LogP contribution is -2.10. The topological polar surface area (TPSA) is 55.6 Å². The van der Waals surface area contributed by atoms with Crippen LogP contribution in [0.15, 0.2) is 12.4 Å². The van der Waals surface area contributed by atoms with Gasteiger partial charge in [0.15, 0.2) is 0 Å². The number of anilines is 1. The summed E-state index contributed by atoms with van der Waals surface area (Å²) in [5, 5.41) is 11.8. The van der Waals surface area contributed by atoms with E-state index in [9.17, 15) is 0 Å². The van der Waals surface area contributed by atoms with E-state index in [1.54, 1.807) is 12.4 Å². The predicted molar refractivity (Wildman–Crippen MR) is 72.5 cm³/mol. The van der Waals surface area contributed by atoms with Crippen molar-refractivity contribution < 1.29 is 0 Å². The second-order valence-corrected chi connectivity index (χ2v) is 4.80. The minimum atomic E-state index is 0.224. The Hall–Kier alpha value is -1.04. The van der Waals surface area contributed by atoms with E-state index in [0.29, 0.717) is 28.8 Å². The largest absolute Gasteiger partial charge is 0.368 e. The molecule has 0 aromatic carbocycles. The van der Waals surface area contributed by atoms with Crippen molar-refractivity contribution in [3.05, 3.63) is 33.4 Å². The quantitative estimate of drug-likeness (QED) is 0.883. The fourth-order valence-corrected chi connectivity index (χ4v) is 1.96. The van der Waals surface area contributed by atoms with E-state index in [-0.39, 0.29) is 5.15 Å². The molecule has 8 heteroatoms. The van der Waals surface area contributed by atoms with Gasteiger partial charge in [0.25, 0.3) is 0 Å². The highest BCUT2D eigenvalue weighted by atomic mass is 35.5. The summed E-state index contributed by atoms with van der Waals surface area (Å²) in [7, 11) is 1.89. The van der Waals surface area contributed by atoms with Crippen molar-refractivity contribution in [2.24, 2.45) is 7.05 Å². The lowest BCUT2D eigenvalue weighted by molar-refractivity contribution is 0.787. The first-order valence-corrected chi connectivity index (χ1v) is 6.29. The Morgan fingerprint density at radius 3 is 2.72 bits per heavy atom. The molecular formula is C10H10Cl3N5. The van der Waals surface area contributed by atoms with Crippen LogP contribution in [0.4, 0.5) is 5.82 Å². The zero-order chi connectivity index (χ0) is 13.1. The van der Waals surface area contributed by atoms with Crippen molar-refractivity contribution in [1.29, 1.82) is 0 Å². The first-order valence-electron chi connectivity index (χ1n) is 5.16. The molecular weight excluding hydrogens is 297 g/mol. The maximum absolute atomic E-state index is 5.99. The summed E-state index contributed by atoms with van der Waals surface area (Å²) in [6, 6.07) is 1.56. The van der Waals surface area contributed by atoms with Gasteiger partial charge in [-0.2, -0.15) is 0 Å². The summed E-state index contributed by atoms with van der Waals surface area (Å²) in [5.74, 6) is 1.38. The Balaban J connectivity index is 1.99. The maximum atomic E-state index is 5.99. The predicted octanol–water partition coefficient (Wildman–Crippen LogP) is 2.82. The fraction of sp³-hybridized carbons (Fsp3) is 0.300. The fourth-order valence-electron chi connectivity index (χ4n) is 1.39. The van der Waals surface area contributed by atoms with Crippen molar-refractivity contribution >= 4 is 40.6 Å². The van der Waals surface area contributed by atoms with E-state index >= 15 is 0 Å². The van der Waals surface area contributed by atoms with Crippen LogP contribution < -0.4 is 5.32 Å². The highest BCUT2D eigenvalue weighted by Crippen LogP contribution is 2.28. The Labute approximate surface area is 119 Å². The molecule has 2 aromatic rings. The van der Waals surface area contributed by atoms with Gasteiger partial charge >= 0.3 is 0 Å². The normalized spacial score (nSPS) is 10.7. The average molecular weight is 307 g/mol. The summed E-state index contributed by atoms with van der Waals surface area (Å²) in [6.07, 6.45) is 2.36. The van der Waals surface area contributed by atoms with Crippen molar-refractivity contribution in [2.45, 2.75) is 6.42 Å². The van der Waals surface area contributed by atoms with Gasteiger partial charge in [-0.05, 0) is 6.07 Å². The number of halogens is 3. The summed E-state index contributed by atoms with van der Waals surface area (Å²) in [4.78, 5) is 4.06. The molecule has 2 rings (SSSR count). The minimum absolute atomic E-state index is 0.224. The molecule has 5 nitrogen and oxygen atoms in total. The molecule has 2 heterocycles. The Morgan fingerprint density at radius 1 is 1.28 bits per heavy atom. The Morgan fingerprint density at radius 2 is 2.06 bits per heavy atom.